The zero-order valence-corrected chi connectivity index (χ0v) is 9.64. The minimum Gasteiger partial charge on any atom is -0.492 e. The maximum atomic E-state index is 13.3. The van der Waals surface area contributed by atoms with Gasteiger partial charge in [-0.1, -0.05) is 0 Å². The Kier molecular flexibility index (Phi) is 3.89. The maximum absolute atomic E-state index is 13.3. The Morgan fingerprint density at radius 2 is 2.21 bits per heavy atom. The van der Waals surface area contributed by atoms with Gasteiger partial charge in [-0.2, -0.15) is 0 Å². The fourth-order valence-corrected chi connectivity index (χ4v) is 1.91. The van der Waals surface area contributed by atoms with Crippen molar-refractivity contribution < 1.29 is 14.2 Å². The van der Waals surface area contributed by atoms with Crippen LogP contribution < -0.4 is 4.74 Å². The summed E-state index contributed by atoms with van der Waals surface area (Å²) in [6.45, 7) is 1.66. The number of benzene rings is 1. The summed E-state index contributed by atoms with van der Waals surface area (Å²) < 4.78 is 18.7. The van der Waals surface area contributed by atoms with Gasteiger partial charge in [-0.05, 0) is 47.0 Å². The van der Waals surface area contributed by atoms with Crippen LogP contribution in [0.2, 0.25) is 0 Å². The first kappa shape index (κ1) is 11.5. The van der Waals surface area contributed by atoms with E-state index in [2.05, 4.69) is 15.9 Å². The largest absolute Gasteiger partial charge is 0.492 e. The van der Waals surface area contributed by atoms with Crippen LogP contribution >= 0.6 is 15.9 Å². The van der Waals surface area contributed by atoms with Crippen LogP contribution in [-0.2, 0) is 6.42 Å². The molecule has 1 N–H and O–H groups in total. The van der Waals surface area contributed by atoms with E-state index in [1.165, 1.54) is 13.2 Å². The van der Waals surface area contributed by atoms with Gasteiger partial charge in [0.2, 0.25) is 0 Å². The monoisotopic (exact) mass is 262 g/mol. The van der Waals surface area contributed by atoms with Crippen LogP contribution in [0.15, 0.2) is 16.6 Å². The van der Waals surface area contributed by atoms with Gasteiger partial charge in [-0.15, -0.1) is 0 Å². The minimum atomic E-state index is -0.477. The molecule has 0 radical (unpaired) electrons. The molecule has 0 aromatic heterocycles. The SMILES string of the molecule is COc1c(F)cc(CC(C)O)cc1Br. The number of aliphatic hydroxyl groups excluding tert-OH is 1. The van der Waals surface area contributed by atoms with E-state index >= 15 is 0 Å². The molecule has 2 nitrogen and oxygen atoms in total. The Balaban J connectivity index is 3.01. The highest BCUT2D eigenvalue weighted by molar-refractivity contribution is 9.10. The lowest BCUT2D eigenvalue weighted by Crippen LogP contribution is -2.05. The minimum absolute atomic E-state index is 0.194. The molecule has 1 aromatic rings. The van der Waals surface area contributed by atoms with Gasteiger partial charge in [0.1, 0.15) is 0 Å². The molecule has 0 aliphatic rings. The Labute approximate surface area is 90.8 Å². The summed E-state index contributed by atoms with van der Waals surface area (Å²) in [6.07, 6.45) is -0.0471. The highest BCUT2D eigenvalue weighted by atomic mass is 79.9. The van der Waals surface area contributed by atoms with Crippen molar-refractivity contribution in [3.63, 3.8) is 0 Å². The second-order valence-electron chi connectivity index (χ2n) is 3.15. The van der Waals surface area contributed by atoms with Gasteiger partial charge >= 0.3 is 0 Å². The first-order chi connectivity index (χ1) is 6.54. The Morgan fingerprint density at radius 1 is 1.57 bits per heavy atom. The molecule has 78 valence electrons. The zero-order valence-electron chi connectivity index (χ0n) is 8.05. The molecule has 1 aromatic carbocycles. The van der Waals surface area contributed by atoms with Crippen molar-refractivity contribution in [1.29, 1.82) is 0 Å². The molecule has 0 bridgehead atoms. The highest BCUT2D eigenvalue weighted by Gasteiger charge is 2.10. The van der Waals surface area contributed by atoms with Crippen LogP contribution in [0.4, 0.5) is 4.39 Å². The molecule has 0 aliphatic heterocycles. The summed E-state index contributed by atoms with van der Waals surface area (Å²) in [5.74, 6) is -0.225. The Bertz CT molecular complexity index is 303. The van der Waals surface area contributed by atoms with Gasteiger partial charge in [0, 0.05) is 0 Å². The van der Waals surface area contributed by atoms with Gasteiger partial charge in [-0.25, -0.2) is 4.39 Å². The van der Waals surface area contributed by atoms with Crippen molar-refractivity contribution >= 4 is 15.9 Å². The Morgan fingerprint density at radius 3 is 2.64 bits per heavy atom. The average molecular weight is 263 g/mol. The third kappa shape index (κ3) is 2.69. The lowest BCUT2D eigenvalue weighted by atomic mass is 10.1. The van der Waals surface area contributed by atoms with Crippen LogP contribution in [-0.4, -0.2) is 18.3 Å². The van der Waals surface area contributed by atoms with E-state index < -0.39 is 11.9 Å². The number of hydrogen-bond acceptors (Lipinski definition) is 2. The van der Waals surface area contributed by atoms with Crippen molar-refractivity contribution in [3.05, 3.63) is 28.0 Å². The molecule has 0 fully saturated rings. The van der Waals surface area contributed by atoms with Crippen molar-refractivity contribution in [1.82, 2.24) is 0 Å². The normalized spacial score (nSPS) is 12.6. The molecule has 0 saturated carbocycles. The molecule has 4 heteroatoms. The fraction of sp³-hybridized carbons (Fsp3) is 0.400. The van der Waals surface area contributed by atoms with Crippen molar-refractivity contribution in [3.8, 4) is 5.75 Å². The van der Waals surface area contributed by atoms with Gasteiger partial charge in [-0.3, -0.25) is 0 Å². The molecular weight excluding hydrogens is 251 g/mol. The molecule has 0 saturated heterocycles. The maximum Gasteiger partial charge on any atom is 0.168 e. The van der Waals surface area contributed by atoms with Crippen LogP contribution in [0, 0.1) is 5.82 Å². The third-order valence-corrected chi connectivity index (χ3v) is 2.38. The van der Waals surface area contributed by atoms with E-state index in [1.807, 2.05) is 0 Å². The fourth-order valence-electron chi connectivity index (χ4n) is 1.27. The molecule has 0 amide bonds. The lowest BCUT2D eigenvalue weighted by Gasteiger charge is -2.09. The summed E-state index contributed by atoms with van der Waals surface area (Å²) >= 11 is 3.20. The molecule has 1 atom stereocenters. The first-order valence-corrected chi connectivity index (χ1v) is 5.04. The number of aliphatic hydroxyl groups is 1. The second-order valence-corrected chi connectivity index (χ2v) is 4.00. The standard InChI is InChI=1S/C10H12BrFO2/c1-6(13)3-7-4-8(11)10(14-2)9(12)5-7/h4-6,13H,3H2,1-2H3. The van der Waals surface area contributed by atoms with Crippen LogP contribution in [0.3, 0.4) is 0 Å². The quantitative estimate of drug-likeness (QED) is 0.907. The van der Waals surface area contributed by atoms with Gasteiger partial charge in [0.05, 0.1) is 17.7 Å². The number of rotatable bonds is 3. The molecule has 0 heterocycles. The van der Waals surface area contributed by atoms with Gasteiger partial charge < -0.3 is 9.84 Å². The van der Waals surface area contributed by atoms with E-state index in [-0.39, 0.29) is 5.75 Å². The average Bonchev–Trinajstić information content (AvgIpc) is 2.01. The van der Waals surface area contributed by atoms with Gasteiger partial charge in [0.15, 0.2) is 11.6 Å². The van der Waals surface area contributed by atoms with Crippen molar-refractivity contribution in [2.45, 2.75) is 19.4 Å². The second kappa shape index (κ2) is 4.75. The number of halogens is 2. The van der Waals surface area contributed by atoms with E-state index in [0.717, 1.165) is 5.56 Å². The topological polar surface area (TPSA) is 29.5 Å². The molecule has 0 spiro atoms. The summed E-state index contributed by atoms with van der Waals surface area (Å²) in [7, 11) is 1.41. The summed E-state index contributed by atoms with van der Waals surface area (Å²) in [6, 6.07) is 3.12. The molecular formula is C10H12BrFO2. The molecule has 1 rings (SSSR count). The van der Waals surface area contributed by atoms with E-state index in [0.29, 0.717) is 10.9 Å². The van der Waals surface area contributed by atoms with Crippen LogP contribution in [0.1, 0.15) is 12.5 Å². The van der Waals surface area contributed by atoms with E-state index in [4.69, 9.17) is 9.84 Å². The first-order valence-electron chi connectivity index (χ1n) is 4.24. The summed E-state index contributed by atoms with van der Waals surface area (Å²) in [5.41, 5.74) is 0.741. The predicted octanol–water partition coefficient (Wildman–Crippen LogP) is 2.52. The number of methoxy groups -OCH3 is 1. The molecule has 14 heavy (non-hydrogen) atoms. The third-order valence-electron chi connectivity index (χ3n) is 1.79. The van der Waals surface area contributed by atoms with Crippen molar-refractivity contribution in [2.75, 3.05) is 7.11 Å². The smallest absolute Gasteiger partial charge is 0.168 e. The number of hydrogen-bond donors (Lipinski definition) is 1. The Hall–Kier alpha value is -0.610. The predicted molar refractivity (Wildman–Crippen MR) is 56.0 cm³/mol. The number of ether oxygens (including phenoxy) is 1. The summed E-state index contributed by atoms with van der Waals surface area (Å²) in [4.78, 5) is 0. The van der Waals surface area contributed by atoms with E-state index in [1.54, 1.807) is 13.0 Å². The van der Waals surface area contributed by atoms with E-state index in [9.17, 15) is 4.39 Å². The van der Waals surface area contributed by atoms with Crippen LogP contribution in [0.25, 0.3) is 0 Å². The van der Waals surface area contributed by atoms with Crippen LogP contribution in [0.5, 0.6) is 5.75 Å². The zero-order chi connectivity index (χ0) is 10.7. The molecule has 1 unspecified atom stereocenters. The molecule has 0 aliphatic carbocycles. The van der Waals surface area contributed by atoms with Crippen molar-refractivity contribution in [2.24, 2.45) is 0 Å². The lowest BCUT2D eigenvalue weighted by molar-refractivity contribution is 0.195. The highest BCUT2D eigenvalue weighted by Crippen LogP contribution is 2.29. The summed E-state index contributed by atoms with van der Waals surface area (Å²) in [5, 5.41) is 9.15. The van der Waals surface area contributed by atoms with Gasteiger partial charge in [0.25, 0.3) is 0 Å².